The van der Waals surface area contributed by atoms with Crippen LogP contribution in [-0.4, -0.2) is 50.5 Å². The Hall–Kier alpha value is -2.87. The Balaban J connectivity index is 2.28. The molecule has 0 saturated heterocycles. The van der Waals surface area contributed by atoms with E-state index in [4.69, 9.17) is 9.47 Å². The van der Waals surface area contributed by atoms with Crippen molar-refractivity contribution in [3.63, 3.8) is 0 Å². The van der Waals surface area contributed by atoms with Gasteiger partial charge in [0, 0.05) is 14.1 Å². The first kappa shape index (κ1) is 21.4. The number of rotatable bonds is 7. The summed E-state index contributed by atoms with van der Waals surface area (Å²) in [6.07, 6.45) is 0.125. The number of esters is 1. The maximum Gasteiger partial charge on any atom is 0.341 e. The molecule has 1 heterocycles. The Morgan fingerprint density at radius 2 is 1.79 bits per heavy atom. The summed E-state index contributed by atoms with van der Waals surface area (Å²) in [5.74, 6) is -0.382. The van der Waals surface area contributed by atoms with Crippen LogP contribution in [0.5, 0.6) is 5.75 Å². The summed E-state index contributed by atoms with van der Waals surface area (Å²) in [5.41, 5.74) is 1.52. The van der Waals surface area contributed by atoms with Gasteiger partial charge in [0.15, 0.2) is 0 Å². The largest absolute Gasteiger partial charge is 0.497 e. The number of carbonyl (C=O) groups excluding carboxylic acids is 3. The van der Waals surface area contributed by atoms with Crippen molar-refractivity contribution in [1.82, 2.24) is 4.90 Å². The maximum absolute atomic E-state index is 12.5. The van der Waals surface area contributed by atoms with Crippen LogP contribution in [-0.2, 0) is 16.0 Å². The minimum atomic E-state index is -0.561. The molecule has 0 spiro atoms. The predicted molar refractivity (Wildman–Crippen MR) is 108 cm³/mol. The first-order valence-corrected chi connectivity index (χ1v) is 9.55. The molecule has 2 amide bonds. The van der Waals surface area contributed by atoms with E-state index in [2.05, 4.69) is 5.32 Å². The van der Waals surface area contributed by atoms with E-state index in [1.165, 1.54) is 4.90 Å². The highest BCUT2D eigenvalue weighted by molar-refractivity contribution is 7.18. The zero-order valence-electron chi connectivity index (χ0n) is 16.6. The van der Waals surface area contributed by atoms with E-state index in [9.17, 15) is 14.4 Å². The second-order valence-electron chi connectivity index (χ2n) is 6.25. The monoisotopic (exact) mass is 404 g/mol. The zero-order chi connectivity index (χ0) is 20.8. The van der Waals surface area contributed by atoms with Gasteiger partial charge in [0.05, 0.1) is 30.6 Å². The molecule has 1 aromatic heterocycles. The molecule has 0 aliphatic rings. The Morgan fingerprint density at radius 1 is 1.14 bits per heavy atom. The molecule has 1 aromatic carbocycles. The van der Waals surface area contributed by atoms with Crippen LogP contribution in [0.1, 0.15) is 38.1 Å². The van der Waals surface area contributed by atoms with E-state index < -0.39 is 5.97 Å². The fraction of sp³-hybridized carbons (Fsp3) is 0.350. The smallest absolute Gasteiger partial charge is 0.341 e. The highest BCUT2D eigenvalue weighted by Gasteiger charge is 2.27. The van der Waals surface area contributed by atoms with Crippen LogP contribution < -0.4 is 10.1 Å². The van der Waals surface area contributed by atoms with E-state index in [0.29, 0.717) is 21.2 Å². The first-order valence-electron chi connectivity index (χ1n) is 8.73. The quantitative estimate of drug-likeness (QED) is 0.717. The van der Waals surface area contributed by atoms with Gasteiger partial charge in [-0.25, -0.2) is 4.79 Å². The van der Waals surface area contributed by atoms with E-state index in [0.717, 1.165) is 16.9 Å². The Labute approximate surface area is 168 Å². The highest BCUT2D eigenvalue weighted by atomic mass is 32.1. The molecule has 2 rings (SSSR count). The van der Waals surface area contributed by atoms with Crippen molar-refractivity contribution in [3.8, 4) is 5.75 Å². The summed E-state index contributed by atoms with van der Waals surface area (Å²) in [6.45, 7) is 3.58. The third-order valence-electron chi connectivity index (χ3n) is 4.00. The number of nitrogens with zero attached hydrogens (tertiary/aromatic N) is 1. The van der Waals surface area contributed by atoms with Gasteiger partial charge in [-0.05, 0) is 37.1 Å². The second kappa shape index (κ2) is 9.36. The van der Waals surface area contributed by atoms with Crippen LogP contribution in [0.4, 0.5) is 5.00 Å². The van der Waals surface area contributed by atoms with Crippen molar-refractivity contribution < 1.29 is 23.9 Å². The van der Waals surface area contributed by atoms with Crippen molar-refractivity contribution in [2.24, 2.45) is 0 Å². The molecule has 0 aliphatic carbocycles. The summed E-state index contributed by atoms with van der Waals surface area (Å²) in [4.78, 5) is 39.1. The molecule has 0 fully saturated rings. The van der Waals surface area contributed by atoms with Gasteiger partial charge in [-0.15, -0.1) is 11.3 Å². The van der Waals surface area contributed by atoms with E-state index in [-0.39, 0.29) is 30.4 Å². The maximum atomic E-state index is 12.5. The number of anilines is 1. The van der Waals surface area contributed by atoms with Crippen LogP contribution in [0.25, 0.3) is 0 Å². The van der Waals surface area contributed by atoms with E-state index >= 15 is 0 Å². The average molecular weight is 404 g/mol. The lowest BCUT2D eigenvalue weighted by atomic mass is 10.1. The molecule has 1 N–H and O–H groups in total. The molecule has 28 heavy (non-hydrogen) atoms. The summed E-state index contributed by atoms with van der Waals surface area (Å²) in [5, 5.41) is 3.08. The van der Waals surface area contributed by atoms with Gasteiger partial charge in [0.1, 0.15) is 10.8 Å². The summed E-state index contributed by atoms with van der Waals surface area (Å²) in [7, 11) is 4.84. The van der Waals surface area contributed by atoms with Crippen LogP contribution in [0.3, 0.4) is 0 Å². The molecule has 150 valence electrons. The summed E-state index contributed by atoms with van der Waals surface area (Å²) < 4.78 is 10.2. The molecule has 0 unspecified atom stereocenters. The lowest BCUT2D eigenvalue weighted by Gasteiger charge is -2.09. The molecular weight excluding hydrogens is 380 g/mol. The van der Waals surface area contributed by atoms with Crippen molar-refractivity contribution in [1.29, 1.82) is 0 Å². The standard InChI is InChI=1S/C20H24N2O5S/c1-6-27-20(25)16-12(2)17(19(24)22(3)4)28-18(16)21-15(23)11-13-7-9-14(26-5)10-8-13/h7-10H,6,11H2,1-5H3,(H,21,23). The number of nitrogens with one attached hydrogen (secondary N) is 1. The van der Waals surface area contributed by atoms with Crippen molar-refractivity contribution >= 4 is 34.1 Å². The SMILES string of the molecule is CCOC(=O)c1c(NC(=O)Cc2ccc(OC)cc2)sc(C(=O)N(C)C)c1C. The predicted octanol–water partition coefficient (Wildman–Crippen LogP) is 3.12. The normalized spacial score (nSPS) is 10.3. The third-order valence-corrected chi connectivity index (χ3v) is 5.20. The Bertz CT molecular complexity index is 871. The third kappa shape index (κ3) is 4.89. The number of thiophene rings is 1. The number of methoxy groups -OCH3 is 1. The molecule has 7 nitrogen and oxygen atoms in total. The van der Waals surface area contributed by atoms with Gasteiger partial charge in [-0.3, -0.25) is 9.59 Å². The van der Waals surface area contributed by atoms with Gasteiger partial charge in [-0.2, -0.15) is 0 Å². The molecule has 0 bridgehead atoms. The molecule has 0 aliphatic heterocycles. The first-order chi connectivity index (χ1) is 13.3. The lowest BCUT2D eigenvalue weighted by Crippen LogP contribution is -2.21. The molecule has 0 atom stereocenters. The highest BCUT2D eigenvalue weighted by Crippen LogP contribution is 2.34. The number of hydrogen-bond acceptors (Lipinski definition) is 6. The minimum absolute atomic E-state index is 0.125. The van der Waals surface area contributed by atoms with Crippen LogP contribution in [0.2, 0.25) is 0 Å². The fourth-order valence-electron chi connectivity index (χ4n) is 2.56. The second-order valence-corrected chi connectivity index (χ2v) is 7.27. The van der Waals surface area contributed by atoms with Crippen LogP contribution in [0, 0.1) is 6.92 Å². The topological polar surface area (TPSA) is 84.9 Å². The number of hydrogen-bond donors (Lipinski definition) is 1. The summed E-state index contributed by atoms with van der Waals surface area (Å²) in [6, 6.07) is 7.14. The Kier molecular flexibility index (Phi) is 7.17. The van der Waals surface area contributed by atoms with Gasteiger partial charge in [0.2, 0.25) is 5.91 Å². The molecule has 0 radical (unpaired) electrons. The van der Waals surface area contributed by atoms with Gasteiger partial charge in [0.25, 0.3) is 5.91 Å². The molecule has 8 heteroatoms. The molecular formula is C20H24N2O5S. The number of benzene rings is 1. The number of carbonyl (C=O) groups is 3. The van der Waals surface area contributed by atoms with Crippen molar-refractivity contribution in [3.05, 3.63) is 45.8 Å². The van der Waals surface area contributed by atoms with Gasteiger partial charge in [-0.1, -0.05) is 12.1 Å². The fourth-order valence-corrected chi connectivity index (χ4v) is 3.79. The van der Waals surface area contributed by atoms with E-state index in [1.807, 2.05) is 0 Å². The van der Waals surface area contributed by atoms with Crippen molar-refractivity contribution in [2.75, 3.05) is 33.1 Å². The van der Waals surface area contributed by atoms with Crippen LogP contribution in [0.15, 0.2) is 24.3 Å². The lowest BCUT2D eigenvalue weighted by molar-refractivity contribution is -0.115. The van der Waals surface area contributed by atoms with E-state index in [1.54, 1.807) is 59.3 Å². The van der Waals surface area contributed by atoms with Crippen molar-refractivity contribution in [2.45, 2.75) is 20.3 Å². The zero-order valence-corrected chi connectivity index (χ0v) is 17.4. The van der Waals surface area contributed by atoms with Gasteiger partial charge >= 0.3 is 5.97 Å². The minimum Gasteiger partial charge on any atom is -0.497 e. The number of amides is 2. The molecule has 2 aromatic rings. The Morgan fingerprint density at radius 3 is 2.32 bits per heavy atom. The van der Waals surface area contributed by atoms with Gasteiger partial charge < -0.3 is 19.7 Å². The average Bonchev–Trinajstić information content (AvgIpc) is 2.97. The summed E-state index contributed by atoms with van der Waals surface area (Å²) >= 11 is 1.08. The molecule has 0 saturated carbocycles. The number of ether oxygens (including phenoxy) is 2. The van der Waals surface area contributed by atoms with Crippen LogP contribution >= 0.6 is 11.3 Å².